The number of rotatable bonds is 3. The Kier molecular flexibility index (Phi) is 4.70. The molecule has 1 aromatic carbocycles. The maximum atomic E-state index is 12.9. The molecule has 9 heteroatoms. The summed E-state index contributed by atoms with van der Waals surface area (Å²) in [6.07, 6.45) is 1.49. The van der Waals surface area contributed by atoms with Gasteiger partial charge in [0.15, 0.2) is 0 Å². The van der Waals surface area contributed by atoms with Crippen LogP contribution in [0.25, 0.3) is 0 Å². The lowest BCUT2D eigenvalue weighted by molar-refractivity contribution is -0.119. The maximum Gasteiger partial charge on any atom is 0.256 e. The van der Waals surface area contributed by atoms with E-state index in [9.17, 15) is 14.4 Å². The van der Waals surface area contributed by atoms with Crippen LogP contribution in [-0.4, -0.2) is 45.0 Å². The van der Waals surface area contributed by atoms with Crippen LogP contribution in [0.1, 0.15) is 34.6 Å². The van der Waals surface area contributed by atoms with Crippen molar-refractivity contribution < 1.29 is 14.4 Å². The maximum absolute atomic E-state index is 12.9. The molecule has 0 saturated carbocycles. The molecule has 3 amide bonds. The Morgan fingerprint density at radius 1 is 1.36 bits per heavy atom. The molecule has 0 spiro atoms. The number of hydrogen-bond donors (Lipinski definition) is 2. The number of hydrogen-bond acceptors (Lipinski definition) is 4. The van der Waals surface area contributed by atoms with Crippen LogP contribution in [0, 0.1) is 13.8 Å². The Labute approximate surface area is 170 Å². The van der Waals surface area contributed by atoms with Crippen LogP contribution in [0.4, 0.5) is 11.4 Å². The molecule has 1 aromatic heterocycles. The minimum atomic E-state index is -0.414. The molecule has 28 heavy (non-hydrogen) atoms. The number of aryl methyl sites for hydroxylation is 1. The second-order valence-electron chi connectivity index (χ2n) is 7.10. The zero-order valence-corrected chi connectivity index (χ0v) is 17.2. The molecule has 1 atom stereocenters. The summed E-state index contributed by atoms with van der Waals surface area (Å²) in [4.78, 5) is 39.3. The molecule has 2 aromatic rings. The second kappa shape index (κ2) is 7.05. The third-order valence-electron chi connectivity index (χ3n) is 5.19. The molecule has 4 rings (SSSR count). The van der Waals surface area contributed by atoms with Gasteiger partial charge in [0.25, 0.3) is 5.91 Å². The van der Waals surface area contributed by atoms with Crippen molar-refractivity contribution in [2.45, 2.75) is 39.3 Å². The zero-order chi connectivity index (χ0) is 20.0. The minimum Gasteiger partial charge on any atom is -0.327 e. The smallest absolute Gasteiger partial charge is 0.256 e. The van der Waals surface area contributed by atoms with Crippen molar-refractivity contribution >= 4 is 45.0 Å². The lowest BCUT2D eigenvalue weighted by Gasteiger charge is -2.20. The van der Waals surface area contributed by atoms with E-state index in [2.05, 4.69) is 31.7 Å². The van der Waals surface area contributed by atoms with E-state index in [-0.39, 0.29) is 24.3 Å². The van der Waals surface area contributed by atoms with Crippen LogP contribution in [0.5, 0.6) is 0 Å². The number of aromatic nitrogens is 2. The number of fused-ring (bicyclic) bond motifs is 2. The number of amides is 3. The molecular formula is C19H20BrN5O3. The van der Waals surface area contributed by atoms with Crippen LogP contribution < -0.4 is 10.6 Å². The van der Waals surface area contributed by atoms with Gasteiger partial charge in [-0.2, -0.15) is 5.10 Å². The van der Waals surface area contributed by atoms with Gasteiger partial charge in [-0.25, -0.2) is 0 Å². The molecule has 3 heterocycles. The summed E-state index contributed by atoms with van der Waals surface area (Å²) in [6, 6.07) is 4.54. The third-order valence-corrected chi connectivity index (χ3v) is 6.34. The average Bonchev–Trinajstić information content (AvgIpc) is 3.21. The van der Waals surface area contributed by atoms with Crippen molar-refractivity contribution in [2.24, 2.45) is 0 Å². The van der Waals surface area contributed by atoms with Gasteiger partial charge in [0.05, 0.1) is 27.1 Å². The van der Waals surface area contributed by atoms with Crippen LogP contribution >= 0.6 is 15.9 Å². The summed E-state index contributed by atoms with van der Waals surface area (Å²) in [5.41, 5.74) is 3.06. The normalized spacial score (nSPS) is 18.4. The number of carbonyl (C=O) groups excluding carboxylic acids is 3. The quantitative estimate of drug-likeness (QED) is 0.757. The Balaban J connectivity index is 1.55. The lowest BCUT2D eigenvalue weighted by atomic mass is 10.1. The molecule has 1 saturated heterocycles. The topological polar surface area (TPSA) is 96.3 Å². The Hall–Kier alpha value is -2.68. The van der Waals surface area contributed by atoms with Crippen molar-refractivity contribution in [1.82, 2.24) is 14.7 Å². The lowest BCUT2D eigenvalue weighted by Crippen LogP contribution is -2.40. The van der Waals surface area contributed by atoms with Crippen molar-refractivity contribution in [3.8, 4) is 0 Å². The first kappa shape index (κ1) is 18.7. The first-order valence-electron chi connectivity index (χ1n) is 9.10. The SMILES string of the molecule is Cc1nn(CC(=O)Nc2ccc3c(c2)C(=O)N2CCC[C@H]2C(=O)N3)c(C)c1Br. The minimum absolute atomic E-state index is 0.0637. The predicted molar refractivity (Wildman–Crippen MR) is 107 cm³/mol. The fourth-order valence-electron chi connectivity index (χ4n) is 3.73. The van der Waals surface area contributed by atoms with Crippen molar-refractivity contribution in [2.75, 3.05) is 17.2 Å². The van der Waals surface area contributed by atoms with Crippen LogP contribution in [-0.2, 0) is 16.1 Å². The monoisotopic (exact) mass is 445 g/mol. The molecule has 8 nitrogen and oxygen atoms in total. The van der Waals surface area contributed by atoms with E-state index in [4.69, 9.17) is 0 Å². The summed E-state index contributed by atoms with van der Waals surface area (Å²) < 4.78 is 2.50. The molecule has 0 bridgehead atoms. The highest BCUT2D eigenvalue weighted by molar-refractivity contribution is 9.10. The molecular weight excluding hydrogens is 426 g/mol. The third kappa shape index (κ3) is 3.19. The highest BCUT2D eigenvalue weighted by Gasteiger charge is 2.38. The summed E-state index contributed by atoms with van der Waals surface area (Å²) >= 11 is 3.45. The van der Waals surface area contributed by atoms with Gasteiger partial charge in [-0.1, -0.05) is 0 Å². The van der Waals surface area contributed by atoms with Crippen LogP contribution in [0.3, 0.4) is 0 Å². The number of anilines is 2. The van der Waals surface area contributed by atoms with Crippen LogP contribution in [0.15, 0.2) is 22.7 Å². The van der Waals surface area contributed by atoms with Gasteiger partial charge in [-0.3, -0.25) is 19.1 Å². The van der Waals surface area contributed by atoms with Crippen molar-refractivity contribution in [3.63, 3.8) is 0 Å². The zero-order valence-electron chi connectivity index (χ0n) is 15.6. The summed E-state index contributed by atoms with van der Waals surface area (Å²) in [5.74, 6) is -0.590. The summed E-state index contributed by atoms with van der Waals surface area (Å²) in [6.45, 7) is 4.38. The number of benzene rings is 1. The molecule has 0 radical (unpaired) electrons. The van der Waals surface area contributed by atoms with E-state index in [0.29, 0.717) is 29.9 Å². The van der Waals surface area contributed by atoms with Crippen molar-refractivity contribution in [1.29, 1.82) is 0 Å². The van der Waals surface area contributed by atoms with Crippen LogP contribution in [0.2, 0.25) is 0 Å². The van der Waals surface area contributed by atoms with E-state index >= 15 is 0 Å². The number of nitrogens with zero attached hydrogens (tertiary/aromatic N) is 3. The number of nitrogens with one attached hydrogen (secondary N) is 2. The Morgan fingerprint density at radius 3 is 2.86 bits per heavy atom. The predicted octanol–water partition coefficient (Wildman–Crippen LogP) is 2.46. The molecule has 146 valence electrons. The number of halogens is 1. The second-order valence-corrected chi connectivity index (χ2v) is 7.89. The highest BCUT2D eigenvalue weighted by Crippen LogP contribution is 2.30. The largest absolute Gasteiger partial charge is 0.327 e. The molecule has 1 fully saturated rings. The van der Waals surface area contributed by atoms with Gasteiger partial charge >= 0.3 is 0 Å². The van der Waals surface area contributed by atoms with Gasteiger partial charge in [-0.15, -0.1) is 0 Å². The molecule has 2 aliphatic heterocycles. The van der Waals surface area contributed by atoms with Gasteiger partial charge < -0.3 is 15.5 Å². The first-order valence-corrected chi connectivity index (χ1v) is 9.89. The fourth-order valence-corrected chi connectivity index (χ4v) is 4.01. The summed E-state index contributed by atoms with van der Waals surface area (Å²) in [5, 5.41) is 9.97. The average molecular weight is 446 g/mol. The van der Waals surface area contributed by atoms with E-state index in [1.54, 1.807) is 27.8 Å². The van der Waals surface area contributed by atoms with E-state index in [1.807, 2.05) is 13.8 Å². The van der Waals surface area contributed by atoms with E-state index in [0.717, 1.165) is 22.3 Å². The fraction of sp³-hybridized carbons (Fsp3) is 0.368. The first-order chi connectivity index (χ1) is 13.3. The van der Waals surface area contributed by atoms with Gasteiger partial charge in [0, 0.05) is 12.2 Å². The van der Waals surface area contributed by atoms with Crippen molar-refractivity contribution in [3.05, 3.63) is 39.6 Å². The Morgan fingerprint density at radius 2 is 2.14 bits per heavy atom. The molecule has 0 aliphatic carbocycles. The standard InChI is InChI=1S/C19H20BrN5O3/c1-10-17(20)11(2)25(23-10)9-16(26)21-12-5-6-14-13(8-12)19(28)24-7-3-4-15(24)18(27)22-14/h5-6,8,15H,3-4,7,9H2,1-2H3,(H,21,26)(H,22,27)/t15-/m0/s1. The molecule has 2 N–H and O–H groups in total. The van der Waals surface area contributed by atoms with Gasteiger partial charge in [0.1, 0.15) is 12.6 Å². The van der Waals surface area contributed by atoms with E-state index < -0.39 is 6.04 Å². The summed E-state index contributed by atoms with van der Waals surface area (Å²) in [7, 11) is 0. The van der Waals surface area contributed by atoms with E-state index in [1.165, 1.54) is 0 Å². The highest BCUT2D eigenvalue weighted by atomic mass is 79.9. The number of carbonyl (C=O) groups is 3. The van der Waals surface area contributed by atoms with Gasteiger partial charge in [-0.05, 0) is 60.8 Å². The van der Waals surface area contributed by atoms with Gasteiger partial charge in [0.2, 0.25) is 11.8 Å². The molecule has 0 unspecified atom stereocenters. The Bertz CT molecular complexity index is 1000. The molecule has 2 aliphatic rings.